The summed E-state index contributed by atoms with van der Waals surface area (Å²) in [5.41, 5.74) is 2.52. The molecule has 2 aliphatic heterocycles. The van der Waals surface area contributed by atoms with Gasteiger partial charge < -0.3 is 9.32 Å². The first-order valence-corrected chi connectivity index (χ1v) is 14.9. The molecule has 0 radical (unpaired) electrons. The van der Waals surface area contributed by atoms with Crippen molar-refractivity contribution in [3.8, 4) is 6.07 Å². The van der Waals surface area contributed by atoms with Crippen LogP contribution in [0.5, 0.6) is 0 Å². The van der Waals surface area contributed by atoms with Crippen molar-refractivity contribution in [2.45, 2.75) is 52.6 Å². The Kier molecular flexibility index (Phi) is 8.57. The number of hydrogen-bond acceptors (Lipinski definition) is 7. The molecule has 206 valence electrons. The minimum atomic E-state index is -0.272. The lowest BCUT2D eigenvalue weighted by Gasteiger charge is -2.36. The Morgan fingerprint density at radius 2 is 1.90 bits per heavy atom. The van der Waals surface area contributed by atoms with Crippen LogP contribution in [0.15, 0.2) is 62.8 Å². The zero-order chi connectivity index (χ0) is 28.2. The average Bonchev–Trinajstić information content (AvgIpc) is 3.57. The van der Waals surface area contributed by atoms with Crippen LogP contribution in [0.3, 0.4) is 0 Å². The number of carbonyl (C=O) groups is 1. The number of anilines is 1. The highest BCUT2D eigenvalue weighted by molar-refractivity contribution is 8.26. The molecule has 0 saturated carbocycles. The maximum absolute atomic E-state index is 13.5. The molecule has 1 amide bonds. The molecule has 0 unspecified atom stereocenters. The van der Waals surface area contributed by atoms with E-state index in [9.17, 15) is 14.9 Å². The number of furan rings is 1. The van der Waals surface area contributed by atoms with Gasteiger partial charge in [-0.05, 0) is 67.9 Å². The number of benzene rings is 1. The van der Waals surface area contributed by atoms with E-state index < -0.39 is 0 Å². The number of aromatic nitrogens is 1. The predicted octanol–water partition coefficient (Wildman–Crippen LogP) is 5.89. The van der Waals surface area contributed by atoms with Crippen LogP contribution in [0.1, 0.15) is 54.2 Å². The van der Waals surface area contributed by atoms with Gasteiger partial charge in [-0.3, -0.25) is 19.1 Å². The number of thioether (sulfide) groups is 1. The summed E-state index contributed by atoms with van der Waals surface area (Å²) in [6.07, 6.45) is 7.18. The van der Waals surface area contributed by atoms with Crippen LogP contribution < -0.4 is 10.5 Å². The number of hydrogen-bond donors (Lipinski definition) is 0. The minimum Gasteiger partial charge on any atom is -0.467 e. The number of piperidine rings is 1. The van der Waals surface area contributed by atoms with E-state index in [2.05, 4.69) is 35.2 Å². The summed E-state index contributed by atoms with van der Waals surface area (Å²) in [5, 5.41) is 9.92. The van der Waals surface area contributed by atoms with Gasteiger partial charge in [-0.15, -0.1) is 0 Å². The summed E-state index contributed by atoms with van der Waals surface area (Å²) in [6.45, 7) is 6.17. The molecule has 2 fully saturated rings. The number of rotatable bonds is 8. The van der Waals surface area contributed by atoms with Crippen LogP contribution in [0, 0.1) is 24.2 Å². The Morgan fingerprint density at radius 3 is 2.55 bits per heavy atom. The van der Waals surface area contributed by atoms with E-state index in [0.29, 0.717) is 33.0 Å². The van der Waals surface area contributed by atoms with E-state index in [1.54, 1.807) is 23.8 Å². The molecule has 0 spiro atoms. The molecule has 2 saturated heterocycles. The average molecular weight is 573 g/mol. The molecule has 0 N–H and O–H groups in total. The maximum Gasteiger partial charge on any atom is 0.270 e. The van der Waals surface area contributed by atoms with Crippen molar-refractivity contribution in [2.75, 3.05) is 18.0 Å². The molecule has 3 aromatic rings. The molecule has 2 aromatic heterocycles. The van der Waals surface area contributed by atoms with Crippen molar-refractivity contribution in [3.63, 3.8) is 0 Å². The molecule has 0 aliphatic carbocycles. The van der Waals surface area contributed by atoms with E-state index >= 15 is 0 Å². The van der Waals surface area contributed by atoms with Gasteiger partial charge in [0.05, 0.1) is 17.7 Å². The van der Waals surface area contributed by atoms with Crippen LogP contribution in [-0.4, -0.2) is 32.8 Å². The number of amides is 1. The second-order valence-electron chi connectivity index (χ2n) is 10.3. The lowest BCUT2D eigenvalue weighted by atomic mass is 9.90. The van der Waals surface area contributed by atoms with Crippen LogP contribution in [0.2, 0.25) is 0 Å². The molecule has 40 heavy (non-hydrogen) atoms. The van der Waals surface area contributed by atoms with Gasteiger partial charge in [0.2, 0.25) is 0 Å². The third-order valence-corrected chi connectivity index (χ3v) is 9.00. The number of nitrogens with zero attached hydrogens (tertiary/aromatic N) is 4. The third-order valence-electron chi connectivity index (χ3n) is 7.62. The number of pyridine rings is 1. The van der Waals surface area contributed by atoms with E-state index in [-0.39, 0.29) is 23.6 Å². The predicted molar refractivity (Wildman–Crippen MR) is 163 cm³/mol. The number of carbonyl (C=O) groups excluding carboxylic acids is 1. The van der Waals surface area contributed by atoms with Gasteiger partial charge in [-0.25, -0.2) is 0 Å². The summed E-state index contributed by atoms with van der Waals surface area (Å²) >= 11 is 6.79. The summed E-state index contributed by atoms with van der Waals surface area (Å²) in [4.78, 5) is 31.2. The fraction of sp³-hybridized carbons (Fsp3) is 0.355. The van der Waals surface area contributed by atoms with E-state index in [4.69, 9.17) is 16.6 Å². The van der Waals surface area contributed by atoms with Crippen molar-refractivity contribution in [3.05, 3.63) is 92.0 Å². The molecule has 0 atom stereocenters. The molecule has 2 aliphatic rings. The first-order valence-electron chi connectivity index (χ1n) is 13.6. The summed E-state index contributed by atoms with van der Waals surface area (Å²) in [6, 6.07) is 16.3. The molecule has 7 nitrogen and oxygen atoms in total. The van der Waals surface area contributed by atoms with Gasteiger partial charge in [-0.1, -0.05) is 61.2 Å². The molecular weight excluding hydrogens is 541 g/mol. The highest BCUT2D eigenvalue weighted by Gasteiger charge is 2.34. The fourth-order valence-electron chi connectivity index (χ4n) is 5.54. The second kappa shape index (κ2) is 12.3. The Bertz CT molecular complexity index is 1530. The summed E-state index contributed by atoms with van der Waals surface area (Å²) in [5.74, 6) is 1.80. The van der Waals surface area contributed by atoms with Crippen molar-refractivity contribution < 1.29 is 9.21 Å². The van der Waals surface area contributed by atoms with Crippen molar-refractivity contribution in [2.24, 2.45) is 5.92 Å². The minimum absolute atomic E-state index is 0.119. The highest BCUT2D eigenvalue weighted by Crippen LogP contribution is 2.37. The smallest absolute Gasteiger partial charge is 0.270 e. The standard InChI is InChI=1S/C31H32N4O3S2/c1-3-13-34-28(33-14-11-23(12-15-33)17-22-8-5-4-6-9-22)25(21(2)26(19-32)29(34)36)18-27-30(37)35(31(39)40-27)20-24-10-7-16-38-24/h4-10,16,18,23H,3,11-15,17,20H2,1-2H3/b27-18-. The first kappa shape index (κ1) is 27.9. The maximum atomic E-state index is 13.5. The Morgan fingerprint density at radius 1 is 1.15 bits per heavy atom. The molecule has 1 aromatic carbocycles. The van der Waals surface area contributed by atoms with Gasteiger partial charge in [0.15, 0.2) is 0 Å². The van der Waals surface area contributed by atoms with Gasteiger partial charge in [0, 0.05) is 25.2 Å². The Labute approximate surface area is 244 Å². The van der Waals surface area contributed by atoms with Gasteiger partial charge in [-0.2, -0.15) is 5.26 Å². The lowest BCUT2D eigenvalue weighted by molar-refractivity contribution is -0.122. The molecule has 4 heterocycles. The van der Waals surface area contributed by atoms with Crippen LogP contribution in [-0.2, 0) is 24.3 Å². The first-order chi connectivity index (χ1) is 19.4. The topological polar surface area (TPSA) is 82.5 Å². The zero-order valence-electron chi connectivity index (χ0n) is 22.8. The Hall–Kier alpha value is -3.61. The van der Waals surface area contributed by atoms with E-state index in [1.165, 1.54) is 22.2 Å². The largest absolute Gasteiger partial charge is 0.467 e. The normalized spacial score (nSPS) is 17.2. The molecule has 9 heteroatoms. The summed E-state index contributed by atoms with van der Waals surface area (Å²) in [7, 11) is 0. The van der Waals surface area contributed by atoms with Gasteiger partial charge >= 0.3 is 0 Å². The lowest BCUT2D eigenvalue weighted by Crippen LogP contribution is -2.40. The highest BCUT2D eigenvalue weighted by atomic mass is 32.2. The van der Waals surface area contributed by atoms with Crippen molar-refractivity contribution >= 4 is 46.1 Å². The fourth-order valence-corrected chi connectivity index (χ4v) is 6.77. The zero-order valence-corrected chi connectivity index (χ0v) is 24.4. The van der Waals surface area contributed by atoms with Gasteiger partial charge in [0.1, 0.15) is 27.5 Å². The number of thiocarbonyl (C=S) groups is 1. The third kappa shape index (κ3) is 5.65. The van der Waals surface area contributed by atoms with Crippen molar-refractivity contribution in [1.29, 1.82) is 5.26 Å². The van der Waals surface area contributed by atoms with Crippen LogP contribution >= 0.6 is 24.0 Å². The number of nitriles is 1. The van der Waals surface area contributed by atoms with E-state index in [0.717, 1.165) is 50.2 Å². The molecule has 0 bridgehead atoms. The quantitative estimate of drug-likeness (QED) is 0.246. The molecule has 5 rings (SSSR count). The van der Waals surface area contributed by atoms with Crippen LogP contribution in [0.4, 0.5) is 5.82 Å². The van der Waals surface area contributed by atoms with Crippen molar-refractivity contribution in [1.82, 2.24) is 9.47 Å². The van der Waals surface area contributed by atoms with Gasteiger partial charge in [0.25, 0.3) is 11.5 Å². The molecular formula is C31H32N4O3S2. The monoisotopic (exact) mass is 572 g/mol. The summed E-state index contributed by atoms with van der Waals surface area (Å²) < 4.78 is 7.62. The van der Waals surface area contributed by atoms with Crippen LogP contribution in [0.25, 0.3) is 6.08 Å². The van der Waals surface area contributed by atoms with E-state index in [1.807, 2.05) is 25.1 Å². The Balaban J connectivity index is 1.50. The SMILES string of the molecule is CCCn1c(N2CCC(Cc3ccccc3)CC2)c(/C=C2\SC(=S)N(Cc3ccco3)C2=O)c(C)c(C#N)c1=O. The second-order valence-corrected chi connectivity index (χ2v) is 11.9.